The molecule has 2 aromatic heterocycles. The molecular weight excluding hydrogens is 396 g/mol. The fourth-order valence-corrected chi connectivity index (χ4v) is 5.50. The molecule has 0 atom stereocenters. The molecule has 0 N–H and O–H groups in total. The van der Waals surface area contributed by atoms with Gasteiger partial charge < -0.3 is 0 Å². The fraction of sp³-hybridized carbons (Fsp3) is 0.667. The van der Waals surface area contributed by atoms with Crippen molar-refractivity contribution in [2.24, 2.45) is 0 Å². The third kappa shape index (κ3) is 5.09. The van der Waals surface area contributed by atoms with Crippen molar-refractivity contribution >= 4 is 21.8 Å². The zero-order valence-corrected chi connectivity index (χ0v) is 18.1. The summed E-state index contributed by atoms with van der Waals surface area (Å²) >= 11 is 1.50. The number of tetrazole rings is 1. The van der Waals surface area contributed by atoms with Gasteiger partial charge in [0.05, 0.1) is 10.8 Å². The first-order valence-electron chi connectivity index (χ1n) is 9.84. The van der Waals surface area contributed by atoms with Crippen LogP contribution in [0.3, 0.4) is 0 Å². The topological polar surface area (TPSA) is 93.9 Å². The van der Waals surface area contributed by atoms with Gasteiger partial charge in [-0.05, 0) is 41.8 Å². The third-order valence-corrected chi connectivity index (χ3v) is 7.99. The molecule has 0 radical (unpaired) electrons. The summed E-state index contributed by atoms with van der Waals surface area (Å²) in [5, 5.41) is 12.6. The highest BCUT2D eigenvalue weighted by Gasteiger charge is 2.29. The van der Waals surface area contributed by atoms with Crippen LogP contribution in [-0.2, 0) is 22.3 Å². The molecule has 8 nitrogen and oxygen atoms in total. The maximum atomic E-state index is 12.9. The summed E-state index contributed by atoms with van der Waals surface area (Å²) in [4.78, 5) is 4.59. The summed E-state index contributed by atoms with van der Waals surface area (Å²) in [6.07, 6.45) is 8.82. The van der Waals surface area contributed by atoms with Gasteiger partial charge in [-0.2, -0.15) is 4.31 Å². The number of aryl methyl sites for hydroxylation is 1. The molecule has 2 aromatic rings. The number of unbranched alkanes of at least 4 members (excludes halogenated alkanes) is 1. The van der Waals surface area contributed by atoms with Crippen LogP contribution in [0.2, 0.25) is 0 Å². The van der Waals surface area contributed by atoms with E-state index in [0.29, 0.717) is 5.75 Å². The zero-order valence-electron chi connectivity index (χ0n) is 16.5. The number of sulfonamides is 1. The predicted octanol–water partition coefficient (Wildman–Crippen LogP) is 3.11. The molecule has 1 fully saturated rings. The van der Waals surface area contributed by atoms with Crippen LogP contribution in [0.25, 0.3) is 0 Å². The molecule has 0 bridgehead atoms. The fourth-order valence-electron chi connectivity index (χ4n) is 3.36. The zero-order chi connectivity index (χ0) is 20.0. The Labute approximate surface area is 171 Å². The number of rotatable bonds is 9. The van der Waals surface area contributed by atoms with Crippen molar-refractivity contribution in [1.29, 1.82) is 0 Å². The lowest BCUT2D eigenvalue weighted by molar-refractivity contribution is 0.285. The minimum absolute atomic E-state index is 0.0924. The second kappa shape index (κ2) is 9.80. The van der Waals surface area contributed by atoms with Gasteiger partial charge in [0.2, 0.25) is 10.0 Å². The van der Waals surface area contributed by atoms with E-state index in [1.807, 2.05) is 4.68 Å². The van der Waals surface area contributed by atoms with Crippen molar-refractivity contribution in [3.05, 3.63) is 24.2 Å². The van der Waals surface area contributed by atoms with E-state index in [9.17, 15) is 8.42 Å². The van der Waals surface area contributed by atoms with E-state index in [4.69, 9.17) is 0 Å². The Kier molecular flexibility index (Phi) is 7.42. The van der Waals surface area contributed by atoms with Crippen molar-refractivity contribution in [3.8, 4) is 0 Å². The summed E-state index contributed by atoms with van der Waals surface area (Å²) in [5.74, 6) is 1.40. The van der Waals surface area contributed by atoms with Crippen LogP contribution in [0.15, 0.2) is 28.3 Å². The Morgan fingerprint density at radius 2 is 2.04 bits per heavy atom. The van der Waals surface area contributed by atoms with E-state index in [-0.39, 0.29) is 10.9 Å². The molecule has 154 valence electrons. The van der Waals surface area contributed by atoms with Gasteiger partial charge in [-0.3, -0.25) is 0 Å². The minimum Gasteiger partial charge on any atom is -0.249 e. The molecule has 0 aliphatic heterocycles. The molecule has 0 aromatic carbocycles. The summed E-state index contributed by atoms with van der Waals surface area (Å²) in [7, 11) is -1.82. The monoisotopic (exact) mass is 424 g/mol. The smallest absolute Gasteiger partial charge is 0.244 e. The quantitative estimate of drug-likeness (QED) is 0.571. The number of hydrogen-bond acceptors (Lipinski definition) is 7. The van der Waals surface area contributed by atoms with E-state index < -0.39 is 10.0 Å². The maximum Gasteiger partial charge on any atom is 0.244 e. The Balaban J connectivity index is 1.62. The van der Waals surface area contributed by atoms with Crippen molar-refractivity contribution in [2.75, 3.05) is 7.05 Å². The molecular formula is C18H28N6O2S2. The SMILES string of the molecule is CCCCn1nnnc1CSc1ccc(S(=O)(=O)N(C)C2CCCCC2)cn1. The van der Waals surface area contributed by atoms with E-state index >= 15 is 0 Å². The summed E-state index contributed by atoms with van der Waals surface area (Å²) in [5.41, 5.74) is 0. The van der Waals surface area contributed by atoms with E-state index in [2.05, 4.69) is 27.4 Å². The Morgan fingerprint density at radius 3 is 2.71 bits per heavy atom. The highest BCUT2D eigenvalue weighted by atomic mass is 32.2. The number of thioether (sulfide) groups is 1. The Morgan fingerprint density at radius 1 is 1.25 bits per heavy atom. The lowest BCUT2D eigenvalue weighted by Gasteiger charge is -2.30. The molecule has 28 heavy (non-hydrogen) atoms. The maximum absolute atomic E-state index is 12.9. The van der Waals surface area contributed by atoms with Gasteiger partial charge in [0.15, 0.2) is 5.82 Å². The van der Waals surface area contributed by atoms with E-state index in [1.54, 1.807) is 19.2 Å². The molecule has 0 unspecified atom stereocenters. The number of pyridine rings is 1. The van der Waals surface area contributed by atoms with Crippen LogP contribution >= 0.6 is 11.8 Å². The molecule has 1 aliphatic rings. The van der Waals surface area contributed by atoms with Gasteiger partial charge in [0, 0.05) is 25.8 Å². The molecule has 10 heteroatoms. The van der Waals surface area contributed by atoms with Gasteiger partial charge in [0.1, 0.15) is 4.90 Å². The molecule has 1 aliphatic carbocycles. The number of aromatic nitrogens is 5. The Hall–Kier alpha value is -1.52. The van der Waals surface area contributed by atoms with E-state index in [1.165, 1.54) is 28.7 Å². The molecule has 2 heterocycles. The second-order valence-corrected chi connectivity index (χ2v) is 10.1. The van der Waals surface area contributed by atoms with Crippen molar-refractivity contribution in [1.82, 2.24) is 29.5 Å². The number of hydrogen-bond donors (Lipinski definition) is 0. The average Bonchev–Trinajstić information content (AvgIpc) is 3.18. The van der Waals surface area contributed by atoms with Gasteiger partial charge in [-0.15, -0.1) is 5.10 Å². The molecule has 0 amide bonds. The summed E-state index contributed by atoms with van der Waals surface area (Å²) in [6, 6.07) is 3.49. The van der Waals surface area contributed by atoms with Crippen LogP contribution in [0.1, 0.15) is 57.7 Å². The highest BCUT2D eigenvalue weighted by molar-refractivity contribution is 7.98. The van der Waals surface area contributed by atoms with Crippen molar-refractivity contribution in [2.45, 2.75) is 80.1 Å². The van der Waals surface area contributed by atoms with Crippen LogP contribution < -0.4 is 0 Å². The van der Waals surface area contributed by atoms with Gasteiger partial charge >= 0.3 is 0 Å². The lowest BCUT2D eigenvalue weighted by Crippen LogP contribution is -2.38. The predicted molar refractivity (Wildman–Crippen MR) is 108 cm³/mol. The van der Waals surface area contributed by atoms with Gasteiger partial charge in [0.25, 0.3) is 0 Å². The minimum atomic E-state index is -3.51. The number of nitrogens with zero attached hydrogens (tertiary/aromatic N) is 6. The first kappa shape index (κ1) is 21.2. The van der Waals surface area contributed by atoms with Gasteiger partial charge in [-0.1, -0.05) is 44.4 Å². The van der Waals surface area contributed by atoms with Crippen LogP contribution in [0, 0.1) is 0 Å². The van der Waals surface area contributed by atoms with Crippen LogP contribution in [-0.4, -0.2) is 51.0 Å². The van der Waals surface area contributed by atoms with Crippen LogP contribution in [0.4, 0.5) is 0 Å². The first-order valence-corrected chi connectivity index (χ1v) is 12.3. The van der Waals surface area contributed by atoms with Gasteiger partial charge in [-0.25, -0.2) is 18.1 Å². The van der Waals surface area contributed by atoms with Crippen LogP contribution in [0.5, 0.6) is 0 Å². The average molecular weight is 425 g/mol. The standard InChI is InChI=1S/C18H28N6O2S2/c1-3-4-12-24-17(20-21-22-24)14-27-18-11-10-16(13-19-18)28(25,26)23(2)15-8-6-5-7-9-15/h10-11,13,15H,3-9,12,14H2,1-2H3. The third-order valence-electron chi connectivity index (χ3n) is 5.15. The molecule has 0 saturated heterocycles. The molecule has 0 spiro atoms. The summed E-state index contributed by atoms with van der Waals surface area (Å²) in [6.45, 7) is 2.93. The Bertz CT molecular complexity index is 847. The lowest BCUT2D eigenvalue weighted by atomic mass is 9.96. The second-order valence-electron chi connectivity index (χ2n) is 7.11. The first-order chi connectivity index (χ1) is 13.5. The summed E-state index contributed by atoms with van der Waals surface area (Å²) < 4.78 is 29.1. The van der Waals surface area contributed by atoms with Crippen molar-refractivity contribution in [3.63, 3.8) is 0 Å². The van der Waals surface area contributed by atoms with Crippen molar-refractivity contribution < 1.29 is 8.42 Å². The normalized spacial score (nSPS) is 16.0. The highest BCUT2D eigenvalue weighted by Crippen LogP contribution is 2.27. The largest absolute Gasteiger partial charge is 0.249 e. The van der Waals surface area contributed by atoms with E-state index in [0.717, 1.165) is 55.9 Å². The molecule has 3 rings (SSSR count). The molecule has 1 saturated carbocycles.